The lowest BCUT2D eigenvalue weighted by molar-refractivity contribution is -0.114. The average molecular weight is 374 g/mol. The highest BCUT2D eigenvalue weighted by Crippen LogP contribution is 2.25. The van der Waals surface area contributed by atoms with Crippen molar-refractivity contribution in [1.29, 1.82) is 0 Å². The van der Waals surface area contributed by atoms with Crippen LogP contribution in [0.3, 0.4) is 0 Å². The zero-order valence-electron chi connectivity index (χ0n) is 10.3. The van der Waals surface area contributed by atoms with E-state index in [0.717, 1.165) is 4.47 Å². The van der Waals surface area contributed by atoms with E-state index in [1.54, 1.807) is 30.3 Å². The molecule has 0 aliphatic rings. The van der Waals surface area contributed by atoms with Crippen molar-refractivity contribution in [3.05, 3.63) is 57.0 Å². The Bertz CT molecular complexity index is 634. The molecule has 0 spiro atoms. The third-order valence-corrected chi connectivity index (χ3v) is 3.53. The fraction of sp³-hybridized carbons (Fsp3) is 0.0714. The summed E-state index contributed by atoms with van der Waals surface area (Å²) in [7, 11) is 0. The summed E-state index contributed by atoms with van der Waals surface area (Å²) in [4.78, 5) is 11.8. The molecule has 0 saturated carbocycles. The SMILES string of the molecule is O=C(CNc1cc(Br)ccc1Cl)Nc1cccc(Cl)c1. The monoisotopic (exact) mass is 372 g/mol. The van der Waals surface area contributed by atoms with E-state index in [1.165, 1.54) is 0 Å². The van der Waals surface area contributed by atoms with Crippen molar-refractivity contribution in [2.24, 2.45) is 0 Å². The Kier molecular flexibility index (Phi) is 5.29. The molecular weight excluding hydrogens is 363 g/mol. The summed E-state index contributed by atoms with van der Waals surface area (Å²) in [6.45, 7) is 0.114. The summed E-state index contributed by atoms with van der Waals surface area (Å²) < 4.78 is 0.889. The quantitative estimate of drug-likeness (QED) is 0.807. The zero-order chi connectivity index (χ0) is 14.5. The van der Waals surface area contributed by atoms with Crippen LogP contribution in [0.1, 0.15) is 0 Å². The smallest absolute Gasteiger partial charge is 0.243 e. The normalized spacial score (nSPS) is 10.2. The van der Waals surface area contributed by atoms with Gasteiger partial charge in [0.2, 0.25) is 5.91 Å². The van der Waals surface area contributed by atoms with E-state index in [4.69, 9.17) is 23.2 Å². The Balaban J connectivity index is 1.94. The first-order valence-corrected chi connectivity index (χ1v) is 7.34. The Morgan fingerprint density at radius 2 is 1.95 bits per heavy atom. The molecule has 104 valence electrons. The topological polar surface area (TPSA) is 41.1 Å². The molecular formula is C14H11BrCl2N2O. The van der Waals surface area contributed by atoms with Crippen LogP contribution in [-0.4, -0.2) is 12.5 Å². The maximum absolute atomic E-state index is 11.8. The summed E-state index contributed by atoms with van der Waals surface area (Å²) in [5.74, 6) is -0.177. The first kappa shape index (κ1) is 15.2. The lowest BCUT2D eigenvalue weighted by Crippen LogP contribution is -2.21. The van der Waals surface area contributed by atoms with Gasteiger partial charge in [-0.3, -0.25) is 4.79 Å². The highest BCUT2D eigenvalue weighted by Gasteiger charge is 2.05. The molecule has 0 bridgehead atoms. The molecule has 2 rings (SSSR count). The second kappa shape index (κ2) is 6.97. The van der Waals surface area contributed by atoms with Crippen molar-refractivity contribution < 1.29 is 4.79 Å². The highest BCUT2D eigenvalue weighted by atomic mass is 79.9. The molecule has 0 saturated heterocycles. The molecule has 0 radical (unpaired) electrons. The van der Waals surface area contributed by atoms with Crippen LogP contribution in [0, 0.1) is 0 Å². The van der Waals surface area contributed by atoms with Gasteiger partial charge in [0, 0.05) is 15.2 Å². The number of hydrogen-bond donors (Lipinski definition) is 2. The van der Waals surface area contributed by atoms with Gasteiger partial charge < -0.3 is 10.6 Å². The minimum Gasteiger partial charge on any atom is -0.375 e. The van der Waals surface area contributed by atoms with Crippen LogP contribution >= 0.6 is 39.1 Å². The molecule has 3 nitrogen and oxygen atoms in total. The number of carbonyl (C=O) groups excluding carboxylic acids is 1. The van der Waals surface area contributed by atoms with Crippen LogP contribution in [0.15, 0.2) is 46.9 Å². The van der Waals surface area contributed by atoms with Gasteiger partial charge in [-0.2, -0.15) is 0 Å². The number of rotatable bonds is 4. The van der Waals surface area contributed by atoms with Crippen molar-refractivity contribution >= 4 is 56.4 Å². The lowest BCUT2D eigenvalue weighted by atomic mass is 10.3. The van der Waals surface area contributed by atoms with Gasteiger partial charge in [0.25, 0.3) is 0 Å². The molecule has 6 heteroatoms. The lowest BCUT2D eigenvalue weighted by Gasteiger charge is -2.09. The summed E-state index contributed by atoms with van der Waals surface area (Å²) >= 11 is 15.2. The van der Waals surface area contributed by atoms with E-state index < -0.39 is 0 Å². The van der Waals surface area contributed by atoms with Crippen LogP contribution in [-0.2, 0) is 4.79 Å². The minimum atomic E-state index is -0.177. The number of benzene rings is 2. The molecule has 20 heavy (non-hydrogen) atoms. The molecule has 2 N–H and O–H groups in total. The van der Waals surface area contributed by atoms with Gasteiger partial charge in [-0.15, -0.1) is 0 Å². The second-order valence-corrected chi connectivity index (χ2v) is 5.80. The Morgan fingerprint density at radius 1 is 1.15 bits per heavy atom. The molecule has 0 heterocycles. The third kappa shape index (κ3) is 4.40. The standard InChI is InChI=1S/C14H11BrCl2N2O/c15-9-4-5-12(17)13(6-9)18-8-14(20)19-11-3-1-2-10(16)7-11/h1-7,18H,8H2,(H,19,20). The molecule has 0 aliphatic carbocycles. The molecule has 0 unspecified atom stereocenters. The Morgan fingerprint density at radius 3 is 2.70 bits per heavy atom. The first-order chi connectivity index (χ1) is 9.54. The van der Waals surface area contributed by atoms with Crippen molar-refractivity contribution in [3.8, 4) is 0 Å². The molecule has 0 aliphatic heterocycles. The van der Waals surface area contributed by atoms with Crippen LogP contribution in [0.5, 0.6) is 0 Å². The molecule has 0 fully saturated rings. The molecule has 1 amide bonds. The molecule has 0 aromatic heterocycles. The van der Waals surface area contributed by atoms with E-state index >= 15 is 0 Å². The second-order valence-electron chi connectivity index (χ2n) is 4.04. The van der Waals surface area contributed by atoms with Crippen molar-refractivity contribution in [2.75, 3.05) is 17.2 Å². The summed E-state index contributed by atoms with van der Waals surface area (Å²) in [5.41, 5.74) is 1.35. The molecule has 2 aromatic carbocycles. The number of hydrogen-bond acceptors (Lipinski definition) is 2. The first-order valence-electron chi connectivity index (χ1n) is 5.79. The number of nitrogens with one attached hydrogen (secondary N) is 2. The van der Waals surface area contributed by atoms with Crippen LogP contribution in [0.2, 0.25) is 10.0 Å². The van der Waals surface area contributed by atoms with Gasteiger partial charge in [-0.05, 0) is 36.4 Å². The van der Waals surface area contributed by atoms with Gasteiger partial charge in [-0.1, -0.05) is 45.2 Å². The van der Waals surface area contributed by atoms with Gasteiger partial charge >= 0.3 is 0 Å². The third-order valence-electron chi connectivity index (χ3n) is 2.48. The van der Waals surface area contributed by atoms with E-state index in [1.807, 2.05) is 12.1 Å². The predicted molar refractivity (Wildman–Crippen MR) is 87.7 cm³/mol. The average Bonchev–Trinajstić information content (AvgIpc) is 2.40. The van der Waals surface area contributed by atoms with Crippen molar-refractivity contribution in [2.45, 2.75) is 0 Å². The van der Waals surface area contributed by atoms with E-state index in [9.17, 15) is 4.79 Å². The number of halogens is 3. The van der Waals surface area contributed by atoms with Gasteiger partial charge in [0.05, 0.1) is 17.3 Å². The molecule has 2 aromatic rings. The maximum atomic E-state index is 11.8. The van der Waals surface area contributed by atoms with Crippen molar-refractivity contribution in [3.63, 3.8) is 0 Å². The van der Waals surface area contributed by atoms with Gasteiger partial charge in [0.1, 0.15) is 0 Å². The zero-order valence-corrected chi connectivity index (χ0v) is 13.4. The predicted octanol–water partition coefficient (Wildman–Crippen LogP) is 4.81. The van der Waals surface area contributed by atoms with Gasteiger partial charge in [0.15, 0.2) is 0 Å². The fourth-order valence-electron chi connectivity index (χ4n) is 1.58. The summed E-state index contributed by atoms with van der Waals surface area (Å²) in [6, 6.07) is 12.4. The van der Waals surface area contributed by atoms with Gasteiger partial charge in [-0.25, -0.2) is 0 Å². The maximum Gasteiger partial charge on any atom is 0.243 e. The number of anilines is 2. The number of amides is 1. The van der Waals surface area contributed by atoms with Crippen molar-refractivity contribution in [1.82, 2.24) is 0 Å². The van der Waals surface area contributed by atoms with Crippen LogP contribution < -0.4 is 10.6 Å². The highest BCUT2D eigenvalue weighted by molar-refractivity contribution is 9.10. The Labute approximate surface area is 135 Å². The Hall–Kier alpha value is -1.23. The summed E-state index contributed by atoms with van der Waals surface area (Å²) in [5, 5.41) is 6.86. The van der Waals surface area contributed by atoms with E-state index in [-0.39, 0.29) is 12.5 Å². The fourth-order valence-corrected chi connectivity index (χ4v) is 2.32. The van der Waals surface area contributed by atoms with E-state index in [2.05, 4.69) is 26.6 Å². The minimum absolute atomic E-state index is 0.114. The largest absolute Gasteiger partial charge is 0.375 e. The van der Waals surface area contributed by atoms with Crippen LogP contribution in [0.4, 0.5) is 11.4 Å². The molecule has 0 atom stereocenters. The van der Waals surface area contributed by atoms with Crippen LogP contribution in [0.25, 0.3) is 0 Å². The summed E-state index contributed by atoms with van der Waals surface area (Å²) in [6.07, 6.45) is 0. The number of carbonyl (C=O) groups is 1. The van der Waals surface area contributed by atoms with E-state index in [0.29, 0.717) is 21.4 Å².